The molecule has 5 nitrogen and oxygen atoms in total. The third kappa shape index (κ3) is 1.98. The second-order valence-corrected chi connectivity index (χ2v) is 6.19. The van der Waals surface area contributed by atoms with Crippen LogP contribution in [0, 0.1) is 6.92 Å². The average Bonchev–Trinajstić information content (AvgIpc) is 2.38. The van der Waals surface area contributed by atoms with Crippen molar-refractivity contribution in [2.75, 3.05) is 4.90 Å². The van der Waals surface area contributed by atoms with E-state index in [4.69, 9.17) is 0 Å². The van der Waals surface area contributed by atoms with Gasteiger partial charge in [-0.3, -0.25) is 4.90 Å². The van der Waals surface area contributed by atoms with Crippen molar-refractivity contribution in [1.82, 2.24) is 4.98 Å². The lowest BCUT2D eigenvalue weighted by Crippen LogP contribution is -2.30. The smallest absolute Gasteiger partial charge is 0.281 e. The van der Waals surface area contributed by atoms with Crippen LogP contribution in [0.3, 0.4) is 0 Å². The highest BCUT2D eigenvalue weighted by Crippen LogP contribution is 2.34. The first-order chi connectivity index (χ1) is 9.49. The van der Waals surface area contributed by atoms with Crippen LogP contribution in [-0.4, -0.2) is 19.2 Å². The molecule has 1 aromatic heterocycles. The SMILES string of the molecule is CC1=NS(=O)(=O)c2cccnc2N1c1cccc(C)c1. The Balaban J connectivity index is 2.27. The van der Waals surface area contributed by atoms with Crippen LogP contribution in [0.15, 0.2) is 51.9 Å². The van der Waals surface area contributed by atoms with Gasteiger partial charge in [0, 0.05) is 11.9 Å². The van der Waals surface area contributed by atoms with E-state index < -0.39 is 10.0 Å². The molecule has 1 aromatic carbocycles. The molecule has 2 aromatic rings. The van der Waals surface area contributed by atoms with E-state index in [-0.39, 0.29) is 4.90 Å². The number of fused-ring (bicyclic) bond motifs is 1. The zero-order chi connectivity index (χ0) is 14.3. The summed E-state index contributed by atoms with van der Waals surface area (Å²) in [5.74, 6) is 0.785. The second kappa shape index (κ2) is 4.42. The number of anilines is 2. The Kier molecular flexibility index (Phi) is 2.83. The number of hydrogen-bond acceptors (Lipinski definition) is 4. The predicted octanol–water partition coefficient (Wildman–Crippen LogP) is 2.65. The molecule has 1 aliphatic heterocycles. The fourth-order valence-electron chi connectivity index (χ4n) is 2.24. The van der Waals surface area contributed by atoms with Crippen molar-refractivity contribution in [2.45, 2.75) is 18.7 Å². The first kappa shape index (κ1) is 12.8. The van der Waals surface area contributed by atoms with E-state index in [1.165, 1.54) is 6.07 Å². The van der Waals surface area contributed by atoms with Gasteiger partial charge in [-0.2, -0.15) is 8.42 Å². The Labute approximate surface area is 117 Å². The highest BCUT2D eigenvalue weighted by molar-refractivity contribution is 7.90. The third-order valence-corrected chi connectivity index (χ3v) is 4.46. The molecule has 0 N–H and O–H groups in total. The highest BCUT2D eigenvalue weighted by atomic mass is 32.2. The van der Waals surface area contributed by atoms with Crippen LogP contribution >= 0.6 is 0 Å². The van der Waals surface area contributed by atoms with Crippen molar-refractivity contribution in [3.8, 4) is 0 Å². The summed E-state index contributed by atoms with van der Waals surface area (Å²) in [4.78, 5) is 6.10. The van der Waals surface area contributed by atoms with Crippen LogP contribution in [0.2, 0.25) is 0 Å². The Morgan fingerprint density at radius 1 is 1.10 bits per heavy atom. The molecule has 1 aliphatic rings. The Bertz CT molecular complexity index is 813. The molecule has 3 rings (SSSR count). The zero-order valence-corrected chi connectivity index (χ0v) is 11.9. The molecule has 0 unspecified atom stereocenters. The van der Waals surface area contributed by atoms with E-state index in [1.807, 2.05) is 31.2 Å². The molecule has 20 heavy (non-hydrogen) atoms. The fraction of sp³-hybridized carbons (Fsp3) is 0.143. The van der Waals surface area contributed by atoms with E-state index in [1.54, 1.807) is 24.1 Å². The summed E-state index contributed by atoms with van der Waals surface area (Å²) in [5, 5.41) is 0. The summed E-state index contributed by atoms with van der Waals surface area (Å²) in [6.07, 6.45) is 1.58. The number of nitrogens with zero attached hydrogens (tertiary/aromatic N) is 3. The summed E-state index contributed by atoms with van der Waals surface area (Å²) in [7, 11) is -3.66. The van der Waals surface area contributed by atoms with Crippen molar-refractivity contribution < 1.29 is 8.42 Å². The average molecular weight is 287 g/mol. The van der Waals surface area contributed by atoms with E-state index in [0.29, 0.717) is 11.7 Å². The summed E-state index contributed by atoms with van der Waals surface area (Å²) in [6.45, 7) is 3.65. The van der Waals surface area contributed by atoms with Gasteiger partial charge in [0.25, 0.3) is 10.0 Å². The van der Waals surface area contributed by atoms with Gasteiger partial charge >= 0.3 is 0 Å². The molecule has 2 heterocycles. The van der Waals surface area contributed by atoms with E-state index in [2.05, 4.69) is 9.38 Å². The number of hydrogen-bond donors (Lipinski definition) is 0. The van der Waals surface area contributed by atoms with Gasteiger partial charge in [-0.25, -0.2) is 4.98 Å². The predicted molar refractivity (Wildman–Crippen MR) is 77.8 cm³/mol. The van der Waals surface area contributed by atoms with Crippen molar-refractivity contribution in [3.05, 3.63) is 48.2 Å². The largest absolute Gasteiger partial charge is 0.287 e. The minimum absolute atomic E-state index is 0.132. The molecule has 102 valence electrons. The molecule has 0 saturated heterocycles. The lowest BCUT2D eigenvalue weighted by atomic mass is 10.2. The van der Waals surface area contributed by atoms with Gasteiger partial charge in [-0.15, -0.1) is 4.40 Å². The maximum absolute atomic E-state index is 12.1. The number of rotatable bonds is 1. The van der Waals surface area contributed by atoms with Crippen LogP contribution < -0.4 is 4.90 Å². The maximum atomic E-state index is 12.1. The number of sulfonamides is 1. The second-order valence-electron chi connectivity index (χ2n) is 4.61. The summed E-state index contributed by atoms with van der Waals surface area (Å²) in [6, 6.07) is 10.9. The molecular weight excluding hydrogens is 274 g/mol. The van der Waals surface area contributed by atoms with Crippen molar-refractivity contribution in [1.29, 1.82) is 0 Å². The molecule has 0 fully saturated rings. The molecule has 0 aliphatic carbocycles. The number of aryl methyl sites for hydroxylation is 1. The van der Waals surface area contributed by atoms with E-state index >= 15 is 0 Å². The van der Waals surface area contributed by atoms with Gasteiger partial charge in [-0.1, -0.05) is 12.1 Å². The molecular formula is C14H13N3O2S. The normalized spacial score (nSPS) is 16.5. The van der Waals surface area contributed by atoms with Crippen LogP contribution in [0.25, 0.3) is 0 Å². The monoisotopic (exact) mass is 287 g/mol. The molecule has 0 saturated carbocycles. The molecule has 0 atom stereocenters. The maximum Gasteiger partial charge on any atom is 0.287 e. The van der Waals surface area contributed by atoms with E-state index in [0.717, 1.165) is 11.3 Å². The lowest BCUT2D eigenvalue weighted by molar-refractivity contribution is 0.597. The molecule has 0 amide bonds. The topological polar surface area (TPSA) is 62.6 Å². The highest BCUT2D eigenvalue weighted by Gasteiger charge is 2.30. The van der Waals surface area contributed by atoms with Crippen LogP contribution in [0.4, 0.5) is 11.5 Å². The minimum Gasteiger partial charge on any atom is -0.281 e. The van der Waals surface area contributed by atoms with Gasteiger partial charge in [-0.05, 0) is 43.7 Å². The van der Waals surface area contributed by atoms with Crippen molar-refractivity contribution >= 4 is 27.4 Å². The lowest BCUT2D eigenvalue weighted by Gasteiger charge is -2.28. The number of amidine groups is 1. The number of pyridine rings is 1. The quantitative estimate of drug-likeness (QED) is 0.809. The van der Waals surface area contributed by atoms with Crippen molar-refractivity contribution in [2.24, 2.45) is 4.40 Å². The Morgan fingerprint density at radius 2 is 1.90 bits per heavy atom. The van der Waals surface area contributed by atoms with Crippen LogP contribution in [0.5, 0.6) is 0 Å². The zero-order valence-electron chi connectivity index (χ0n) is 11.1. The first-order valence-electron chi connectivity index (χ1n) is 6.12. The third-order valence-electron chi connectivity index (χ3n) is 3.08. The Morgan fingerprint density at radius 3 is 2.65 bits per heavy atom. The van der Waals surface area contributed by atoms with Crippen LogP contribution in [0.1, 0.15) is 12.5 Å². The molecule has 0 radical (unpaired) electrons. The summed E-state index contributed by atoms with van der Waals surface area (Å²) in [5.41, 5.74) is 1.93. The van der Waals surface area contributed by atoms with Crippen molar-refractivity contribution in [3.63, 3.8) is 0 Å². The van der Waals surface area contributed by atoms with E-state index in [9.17, 15) is 8.42 Å². The minimum atomic E-state index is -3.66. The number of aromatic nitrogens is 1. The first-order valence-corrected chi connectivity index (χ1v) is 7.56. The standard InChI is InChI=1S/C14H13N3O2S/c1-10-5-3-6-12(9-10)17-11(2)16-20(18,19)13-7-4-8-15-14(13)17/h3-9H,1-2H3. The van der Waals surface area contributed by atoms with Gasteiger partial charge in [0.05, 0.1) is 0 Å². The van der Waals surface area contributed by atoms with Gasteiger partial charge in [0.15, 0.2) is 5.82 Å². The molecule has 0 bridgehead atoms. The van der Waals surface area contributed by atoms with Gasteiger partial charge < -0.3 is 0 Å². The number of benzene rings is 1. The van der Waals surface area contributed by atoms with Crippen LogP contribution in [-0.2, 0) is 10.0 Å². The fourth-order valence-corrected chi connectivity index (χ4v) is 3.40. The summed E-state index contributed by atoms with van der Waals surface area (Å²) < 4.78 is 28.0. The van der Waals surface area contributed by atoms with Gasteiger partial charge in [0.2, 0.25) is 0 Å². The Hall–Kier alpha value is -2.21. The molecule has 6 heteroatoms. The molecule has 0 spiro atoms. The summed E-state index contributed by atoms with van der Waals surface area (Å²) >= 11 is 0. The van der Waals surface area contributed by atoms with Gasteiger partial charge in [0.1, 0.15) is 10.7 Å².